The standard InChI is InChI=1S/C23H27ClN4O4/c1-14-10-16(7-9-32-14)28-20(30)12-23(2,27-22(28)25)17-4-3-5-18(21(17)24)26-19(29)11-15-6-8-31-13-15/h3-6,8,13-14,16H,7,9-12H2,1-2H3,(H2,25,27)(H,26,29)/t14-,16-,23+/m1/s1. The second kappa shape index (κ2) is 8.96. The Morgan fingerprint density at radius 1 is 1.41 bits per heavy atom. The van der Waals surface area contributed by atoms with Gasteiger partial charge in [0.2, 0.25) is 11.8 Å². The molecule has 0 unspecified atom stereocenters. The van der Waals surface area contributed by atoms with Crippen LogP contribution in [0.5, 0.6) is 0 Å². The van der Waals surface area contributed by atoms with E-state index >= 15 is 0 Å². The molecule has 170 valence electrons. The molecule has 2 aliphatic rings. The van der Waals surface area contributed by atoms with Crippen LogP contribution in [0, 0.1) is 5.41 Å². The second-order valence-electron chi connectivity index (χ2n) is 8.63. The average Bonchev–Trinajstić information content (AvgIpc) is 3.21. The molecule has 3 N–H and O–H groups in total. The fraction of sp³-hybridized carbons (Fsp3) is 0.435. The molecule has 0 radical (unpaired) electrons. The van der Waals surface area contributed by atoms with E-state index in [0.717, 1.165) is 5.56 Å². The lowest BCUT2D eigenvalue weighted by molar-refractivity contribution is -0.134. The summed E-state index contributed by atoms with van der Waals surface area (Å²) in [5.74, 6) is -0.287. The smallest absolute Gasteiger partial charge is 0.232 e. The lowest BCUT2D eigenvalue weighted by atomic mass is 9.85. The van der Waals surface area contributed by atoms with Gasteiger partial charge in [0, 0.05) is 12.6 Å². The molecule has 2 saturated heterocycles. The van der Waals surface area contributed by atoms with E-state index in [9.17, 15) is 9.59 Å². The van der Waals surface area contributed by atoms with Crippen molar-refractivity contribution in [2.75, 3.05) is 11.9 Å². The quantitative estimate of drug-likeness (QED) is 0.633. The van der Waals surface area contributed by atoms with Gasteiger partial charge in [0.15, 0.2) is 5.96 Å². The molecule has 2 amide bonds. The SMILES string of the molecule is C[C@@H]1C[C@H](N2C(=N)N[C@](C)(c3cccc(NC(=O)Cc4ccoc4)c3Cl)CC2=O)CCO1. The van der Waals surface area contributed by atoms with Gasteiger partial charge in [-0.3, -0.25) is 19.9 Å². The molecule has 9 heteroatoms. The number of furan rings is 1. The summed E-state index contributed by atoms with van der Waals surface area (Å²) in [7, 11) is 0. The van der Waals surface area contributed by atoms with Gasteiger partial charge in [0.25, 0.3) is 0 Å². The maximum atomic E-state index is 13.1. The summed E-state index contributed by atoms with van der Waals surface area (Å²) < 4.78 is 10.6. The number of halogens is 1. The van der Waals surface area contributed by atoms with E-state index in [-0.39, 0.29) is 42.8 Å². The third kappa shape index (κ3) is 4.52. The molecule has 0 spiro atoms. The zero-order chi connectivity index (χ0) is 22.9. The number of carbonyl (C=O) groups is 2. The molecule has 3 atom stereocenters. The summed E-state index contributed by atoms with van der Waals surface area (Å²) in [4.78, 5) is 27.1. The third-order valence-electron chi connectivity index (χ3n) is 6.04. The van der Waals surface area contributed by atoms with E-state index in [4.69, 9.17) is 26.2 Å². The van der Waals surface area contributed by atoms with Crippen LogP contribution >= 0.6 is 11.6 Å². The monoisotopic (exact) mass is 458 g/mol. The van der Waals surface area contributed by atoms with Crippen LogP contribution in [0.3, 0.4) is 0 Å². The Bertz CT molecular complexity index is 1010. The molecule has 8 nitrogen and oxygen atoms in total. The largest absolute Gasteiger partial charge is 0.472 e. The number of guanidine groups is 1. The highest BCUT2D eigenvalue weighted by Crippen LogP contribution is 2.38. The maximum absolute atomic E-state index is 13.1. The van der Waals surface area contributed by atoms with Crippen molar-refractivity contribution < 1.29 is 18.7 Å². The topological polar surface area (TPSA) is 108 Å². The molecule has 3 heterocycles. The average molecular weight is 459 g/mol. The minimum Gasteiger partial charge on any atom is -0.472 e. The van der Waals surface area contributed by atoms with Crippen molar-refractivity contribution in [1.29, 1.82) is 5.41 Å². The molecule has 2 fully saturated rings. The number of benzene rings is 1. The normalized spacial score (nSPS) is 26.0. The Morgan fingerprint density at radius 2 is 2.22 bits per heavy atom. The van der Waals surface area contributed by atoms with E-state index in [2.05, 4.69) is 10.6 Å². The molecule has 1 aromatic heterocycles. The summed E-state index contributed by atoms with van der Waals surface area (Å²) in [5, 5.41) is 14.9. The Labute approximate surface area is 191 Å². The summed E-state index contributed by atoms with van der Waals surface area (Å²) in [5.41, 5.74) is 1.00. The molecule has 0 bridgehead atoms. The van der Waals surface area contributed by atoms with Gasteiger partial charge in [-0.1, -0.05) is 23.7 Å². The van der Waals surface area contributed by atoms with Gasteiger partial charge < -0.3 is 19.8 Å². The minimum atomic E-state index is -0.871. The molecular formula is C23H27ClN4O4. The fourth-order valence-corrected chi connectivity index (χ4v) is 4.85. The Kier molecular flexibility index (Phi) is 6.26. The lowest BCUT2D eigenvalue weighted by Gasteiger charge is -2.45. The van der Waals surface area contributed by atoms with Crippen LogP contribution in [-0.4, -0.2) is 41.4 Å². The minimum absolute atomic E-state index is 0.0550. The van der Waals surface area contributed by atoms with Gasteiger partial charge in [-0.25, -0.2) is 0 Å². The Balaban J connectivity index is 1.52. The summed E-state index contributed by atoms with van der Waals surface area (Å²) >= 11 is 6.67. The first kappa shape index (κ1) is 22.4. The lowest BCUT2D eigenvalue weighted by Crippen LogP contribution is -2.63. The highest BCUT2D eigenvalue weighted by Gasteiger charge is 2.43. The predicted molar refractivity (Wildman–Crippen MR) is 121 cm³/mol. The molecule has 0 aliphatic carbocycles. The number of amides is 2. The number of nitrogens with zero attached hydrogens (tertiary/aromatic N) is 1. The zero-order valence-corrected chi connectivity index (χ0v) is 18.9. The second-order valence-corrected chi connectivity index (χ2v) is 9.01. The first-order chi connectivity index (χ1) is 15.3. The fourth-order valence-electron chi connectivity index (χ4n) is 4.46. The van der Waals surface area contributed by atoms with Crippen molar-refractivity contribution in [3.05, 3.63) is 52.9 Å². The summed E-state index contributed by atoms with van der Waals surface area (Å²) in [6.07, 6.45) is 4.80. The van der Waals surface area contributed by atoms with Crippen LogP contribution in [-0.2, 0) is 26.3 Å². The molecule has 4 rings (SSSR count). The predicted octanol–water partition coefficient (Wildman–Crippen LogP) is 3.65. The van der Waals surface area contributed by atoms with Crippen molar-refractivity contribution in [3.8, 4) is 0 Å². The van der Waals surface area contributed by atoms with E-state index < -0.39 is 5.54 Å². The van der Waals surface area contributed by atoms with Gasteiger partial charge in [-0.15, -0.1) is 0 Å². The van der Waals surface area contributed by atoms with Gasteiger partial charge in [-0.2, -0.15) is 0 Å². The highest BCUT2D eigenvalue weighted by molar-refractivity contribution is 6.34. The number of hydrogen-bond acceptors (Lipinski definition) is 5. The van der Waals surface area contributed by atoms with Gasteiger partial charge in [0.1, 0.15) is 0 Å². The number of ether oxygens (including phenoxy) is 1. The molecule has 2 aliphatic heterocycles. The number of hydrogen-bond donors (Lipinski definition) is 3. The third-order valence-corrected chi connectivity index (χ3v) is 6.45. The molecule has 0 saturated carbocycles. The van der Waals surface area contributed by atoms with Crippen molar-refractivity contribution in [1.82, 2.24) is 10.2 Å². The molecule has 32 heavy (non-hydrogen) atoms. The number of rotatable bonds is 5. The number of carbonyl (C=O) groups excluding carboxylic acids is 2. The van der Waals surface area contributed by atoms with E-state index in [1.54, 1.807) is 23.1 Å². The van der Waals surface area contributed by atoms with Crippen molar-refractivity contribution in [3.63, 3.8) is 0 Å². The van der Waals surface area contributed by atoms with Crippen molar-refractivity contribution in [2.24, 2.45) is 0 Å². The van der Waals surface area contributed by atoms with Crippen LogP contribution in [0.4, 0.5) is 5.69 Å². The van der Waals surface area contributed by atoms with Gasteiger partial charge in [0.05, 0.1) is 47.7 Å². The highest BCUT2D eigenvalue weighted by atomic mass is 35.5. The first-order valence-electron chi connectivity index (χ1n) is 10.7. The van der Waals surface area contributed by atoms with Gasteiger partial charge >= 0.3 is 0 Å². The molecular weight excluding hydrogens is 432 g/mol. The maximum Gasteiger partial charge on any atom is 0.232 e. The summed E-state index contributed by atoms with van der Waals surface area (Å²) in [6.45, 7) is 4.40. The summed E-state index contributed by atoms with van der Waals surface area (Å²) in [6, 6.07) is 6.98. The first-order valence-corrected chi connectivity index (χ1v) is 11.0. The van der Waals surface area contributed by atoms with Crippen LogP contribution in [0.1, 0.15) is 44.2 Å². The van der Waals surface area contributed by atoms with Crippen LogP contribution in [0.15, 0.2) is 41.2 Å². The number of nitrogens with one attached hydrogen (secondary N) is 3. The van der Waals surface area contributed by atoms with Crippen molar-refractivity contribution in [2.45, 2.75) is 57.2 Å². The Hall–Kier alpha value is -2.84. The van der Waals surface area contributed by atoms with E-state index in [0.29, 0.717) is 35.7 Å². The van der Waals surface area contributed by atoms with Gasteiger partial charge in [-0.05, 0) is 49.9 Å². The van der Waals surface area contributed by atoms with Crippen molar-refractivity contribution >= 4 is 35.1 Å². The van der Waals surface area contributed by atoms with Crippen LogP contribution < -0.4 is 10.6 Å². The molecule has 2 aromatic rings. The number of anilines is 1. The molecule has 1 aromatic carbocycles. The van der Waals surface area contributed by atoms with E-state index in [1.807, 2.05) is 19.9 Å². The van der Waals surface area contributed by atoms with Crippen LogP contribution in [0.25, 0.3) is 0 Å². The van der Waals surface area contributed by atoms with E-state index in [1.165, 1.54) is 12.5 Å². The Morgan fingerprint density at radius 3 is 2.91 bits per heavy atom. The van der Waals surface area contributed by atoms with Crippen LogP contribution in [0.2, 0.25) is 5.02 Å². The zero-order valence-electron chi connectivity index (χ0n) is 18.1.